The molecule has 3 N–H and O–H groups in total. The van der Waals surface area contributed by atoms with Gasteiger partial charge in [-0.1, -0.05) is 0 Å². The first-order valence-electron chi connectivity index (χ1n) is 4.26. The predicted molar refractivity (Wildman–Crippen MR) is 69.8 cm³/mol. The molecule has 1 aromatic rings. The van der Waals surface area contributed by atoms with Crippen molar-refractivity contribution in [2.75, 3.05) is 19.8 Å². The number of halogens is 2. The van der Waals surface area contributed by atoms with E-state index in [-0.39, 0.29) is 36.3 Å². The highest BCUT2D eigenvalue weighted by molar-refractivity contribution is 5.85. The second-order valence-corrected chi connectivity index (χ2v) is 3.47. The summed E-state index contributed by atoms with van der Waals surface area (Å²) in [5, 5.41) is 9.60. The minimum absolute atomic E-state index is 0. The molecule has 0 aliphatic carbocycles. The normalized spacial score (nSPS) is 9.19. The number of benzene rings is 1. The van der Waals surface area contributed by atoms with E-state index >= 15 is 0 Å². The number of carbonyl (C=O) groups is 1. The zero-order valence-electron chi connectivity index (χ0n) is 9.14. The Morgan fingerprint density at radius 1 is 1.38 bits per heavy atom. The summed E-state index contributed by atoms with van der Waals surface area (Å²) >= 11 is 0. The van der Waals surface area contributed by atoms with Crippen molar-refractivity contribution in [1.29, 1.82) is 0 Å². The molecule has 0 radical (unpaired) electrons. The molecule has 0 saturated carbocycles. The largest absolute Gasteiger partial charge is 0.505 e. The predicted octanol–water partition coefficient (Wildman–Crippen LogP) is 1.69. The van der Waals surface area contributed by atoms with Gasteiger partial charge in [0.1, 0.15) is 12.0 Å². The fourth-order valence-corrected chi connectivity index (χ4v) is 1.27. The fraction of sp³-hybridized carbons (Fsp3) is 0.300. The lowest BCUT2D eigenvalue weighted by Crippen LogP contribution is -2.11. The molecule has 0 atom stereocenters. The smallest absolute Gasteiger partial charge is 0.150 e. The lowest BCUT2D eigenvalue weighted by atomic mass is 10.1. The topological polar surface area (TPSA) is 66.6 Å². The number of nitrogens with two attached hydrogens (primary N) is 1. The summed E-state index contributed by atoms with van der Waals surface area (Å²) in [6.07, 6.45) is 0.717. The first-order valence-corrected chi connectivity index (χ1v) is 4.26. The number of nitrogens with zero attached hydrogens (tertiary/aromatic N) is 1. The van der Waals surface area contributed by atoms with E-state index in [9.17, 15) is 9.90 Å². The fourth-order valence-electron chi connectivity index (χ4n) is 1.27. The average molecular weight is 267 g/mol. The molecule has 1 rings (SSSR count). The number of carbonyl (C=O) groups excluding carboxylic acids is 1. The van der Waals surface area contributed by atoms with Gasteiger partial charge in [0.05, 0.1) is 5.69 Å². The molecule has 4 nitrogen and oxygen atoms in total. The Morgan fingerprint density at radius 3 is 2.38 bits per heavy atom. The molecule has 0 unspecified atom stereocenters. The van der Waals surface area contributed by atoms with E-state index in [0.29, 0.717) is 17.7 Å². The molecular formula is C10H16Cl2N2O2. The van der Waals surface area contributed by atoms with Crippen molar-refractivity contribution in [2.45, 2.75) is 6.54 Å². The molecule has 0 aliphatic rings. The van der Waals surface area contributed by atoms with Gasteiger partial charge in [0.15, 0.2) is 0 Å². The summed E-state index contributed by atoms with van der Waals surface area (Å²) in [6, 6.07) is 3.10. The highest BCUT2D eigenvalue weighted by atomic mass is 35.5. The van der Waals surface area contributed by atoms with Gasteiger partial charge in [0, 0.05) is 17.7 Å². The van der Waals surface area contributed by atoms with Gasteiger partial charge in [-0.3, -0.25) is 4.79 Å². The molecule has 0 amide bonds. The number of aromatic hydroxyl groups is 1. The Balaban J connectivity index is 0. The van der Waals surface area contributed by atoms with E-state index in [1.54, 1.807) is 6.07 Å². The summed E-state index contributed by atoms with van der Waals surface area (Å²) in [7, 11) is 3.76. The van der Waals surface area contributed by atoms with Crippen molar-refractivity contribution in [3.63, 3.8) is 0 Å². The van der Waals surface area contributed by atoms with Crippen LogP contribution in [0.15, 0.2) is 12.1 Å². The van der Waals surface area contributed by atoms with Crippen LogP contribution < -0.4 is 5.73 Å². The van der Waals surface area contributed by atoms with Crippen LogP contribution in [0.25, 0.3) is 0 Å². The molecule has 0 aliphatic heterocycles. The summed E-state index contributed by atoms with van der Waals surface area (Å²) in [6.45, 7) is 0.553. The lowest BCUT2D eigenvalue weighted by molar-refractivity contribution is 0.112. The Hall–Kier alpha value is -0.970. The maximum atomic E-state index is 10.6. The maximum absolute atomic E-state index is 10.6. The van der Waals surface area contributed by atoms with Gasteiger partial charge in [-0.15, -0.1) is 24.8 Å². The summed E-state index contributed by atoms with van der Waals surface area (Å²) in [5.41, 5.74) is 6.93. The summed E-state index contributed by atoms with van der Waals surface area (Å²) in [4.78, 5) is 12.4. The Bertz CT molecular complexity index is 357. The zero-order valence-corrected chi connectivity index (χ0v) is 10.8. The standard InChI is InChI=1S/C10H14N2O2.2ClH/c1-12(2)5-8-3-7(6-13)4-9(11)10(8)14;;/h3-4,6,14H,5,11H2,1-2H3;2*1H. The molecule has 0 spiro atoms. The highest BCUT2D eigenvalue weighted by Gasteiger charge is 2.07. The first-order chi connectivity index (χ1) is 6.54. The van der Waals surface area contributed by atoms with Crippen molar-refractivity contribution in [1.82, 2.24) is 4.90 Å². The van der Waals surface area contributed by atoms with Crippen LogP contribution in [0.1, 0.15) is 15.9 Å². The number of phenolic OH excluding ortho intramolecular Hbond substituents is 1. The van der Waals surface area contributed by atoms with E-state index in [4.69, 9.17) is 5.73 Å². The summed E-state index contributed by atoms with van der Waals surface area (Å²) in [5.74, 6) is 0.0595. The van der Waals surface area contributed by atoms with Crippen LogP contribution in [-0.4, -0.2) is 30.4 Å². The SMILES string of the molecule is CN(C)Cc1cc(C=O)cc(N)c1O.Cl.Cl. The average Bonchev–Trinajstić information content (AvgIpc) is 2.11. The molecule has 0 aromatic heterocycles. The van der Waals surface area contributed by atoms with Gasteiger partial charge in [0.2, 0.25) is 0 Å². The number of nitrogen functional groups attached to an aromatic ring is 1. The maximum Gasteiger partial charge on any atom is 0.150 e. The molecule has 1 aromatic carbocycles. The molecular weight excluding hydrogens is 251 g/mol. The number of aldehydes is 1. The van der Waals surface area contributed by atoms with Crippen LogP contribution in [0.3, 0.4) is 0 Å². The van der Waals surface area contributed by atoms with E-state index in [1.807, 2.05) is 19.0 Å². The first kappa shape index (κ1) is 17.4. The van der Waals surface area contributed by atoms with Crippen LogP contribution in [-0.2, 0) is 6.54 Å². The number of hydrogen-bond acceptors (Lipinski definition) is 4. The monoisotopic (exact) mass is 266 g/mol. The quantitative estimate of drug-likeness (QED) is 0.497. The Kier molecular flexibility index (Phi) is 7.98. The molecule has 16 heavy (non-hydrogen) atoms. The van der Waals surface area contributed by atoms with Gasteiger partial charge >= 0.3 is 0 Å². The second kappa shape index (κ2) is 7.33. The van der Waals surface area contributed by atoms with Crippen molar-refractivity contribution < 1.29 is 9.90 Å². The molecule has 0 bridgehead atoms. The van der Waals surface area contributed by atoms with Gasteiger partial charge in [-0.05, 0) is 26.2 Å². The molecule has 92 valence electrons. The number of anilines is 1. The molecule has 0 fully saturated rings. The highest BCUT2D eigenvalue weighted by Crippen LogP contribution is 2.26. The van der Waals surface area contributed by atoms with Crippen LogP contribution in [0.4, 0.5) is 5.69 Å². The van der Waals surface area contributed by atoms with Gasteiger partial charge in [-0.2, -0.15) is 0 Å². The van der Waals surface area contributed by atoms with Gasteiger partial charge < -0.3 is 15.7 Å². The lowest BCUT2D eigenvalue weighted by Gasteiger charge is -2.12. The Labute approximate surface area is 107 Å². The van der Waals surface area contributed by atoms with Crippen LogP contribution >= 0.6 is 24.8 Å². The number of rotatable bonds is 3. The molecule has 0 heterocycles. The number of phenols is 1. The number of hydrogen-bond donors (Lipinski definition) is 2. The van der Waals surface area contributed by atoms with E-state index in [1.165, 1.54) is 6.07 Å². The van der Waals surface area contributed by atoms with E-state index in [2.05, 4.69) is 0 Å². The van der Waals surface area contributed by atoms with Gasteiger partial charge in [0.25, 0.3) is 0 Å². The summed E-state index contributed by atoms with van der Waals surface area (Å²) < 4.78 is 0. The van der Waals surface area contributed by atoms with Crippen molar-refractivity contribution >= 4 is 36.8 Å². The third kappa shape index (κ3) is 4.26. The van der Waals surface area contributed by atoms with E-state index in [0.717, 1.165) is 6.29 Å². The minimum atomic E-state index is 0. The third-order valence-electron chi connectivity index (χ3n) is 1.86. The molecule has 0 saturated heterocycles. The van der Waals surface area contributed by atoms with E-state index < -0.39 is 0 Å². The van der Waals surface area contributed by atoms with Gasteiger partial charge in [-0.25, -0.2) is 0 Å². The third-order valence-corrected chi connectivity index (χ3v) is 1.86. The van der Waals surface area contributed by atoms with Crippen LogP contribution in [0.5, 0.6) is 5.75 Å². The Morgan fingerprint density at radius 2 is 1.94 bits per heavy atom. The van der Waals surface area contributed by atoms with Crippen molar-refractivity contribution in [2.24, 2.45) is 0 Å². The second-order valence-electron chi connectivity index (χ2n) is 3.47. The van der Waals surface area contributed by atoms with Crippen LogP contribution in [0, 0.1) is 0 Å². The van der Waals surface area contributed by atoms with Crippen LogP contribution in [0.2, 0.25) is 0 Å². The zero-order chi connectivity index (χ0) is 10.7. The van der Waals surface area contributed by atoms with Crippen molar-refractivity contribution in [3.05, 3.63) is 23.3 Å². The van der Waals surface area contributed by atoms with Crippen molar-refractivity contribution in [3.8, 4) is 5.75 Å². The minimum Gasteiger partial charge on any atom is -0.505 e. The molecule has 6 heteroatoms.